The summed E-state index contributed by atoms with van der Waals surface area (Å²) in [6.45, 7) is -0.773. The lowest BCUT2D eigenvalue weighted by molar-refractivity contribution is -0.140. The topological polar surface area (TPSA) is 46.2 Å². The summed E-state index contributed by atoms with van der Waals surface area (Å²) in [5.41, 5.74) is -2.16. The Kier molecular flexibility index (Phi) is 8.97. The number of hydrogen-bond donors (Lipinski definition) is 1. The van der Waals surface area contributed by atoms with Crippen molar-refractivity contribution in [3.05, 3.63) is 98.8 Å². The molecule has 3 aromatic carbocycles. The van der Waals surface area contributed by atoms with E-state index < -0.39 is 70.1 Å². The summed E-state index contributed by atoms with van der Waals surface area (Å²) in [5, 5.41) is 2.44. The largest absolute Gasteiger partial charge is 0.419 e. The summed E-state index contributed by atoms with van der Waals surface area (Å²) in [5.74, 6) is -7.10. The van der Waals surface area contributed by atoms with E-state index in [4.69, 9.17) is 34.8 Å². The van der Waals surface area contributed by atoms with Crippen molar-refractivity contribution >= 4 is 52.2 Å². The van der Waals surface area contributed by atoms with Gasteiger partial charge in [-0.15, -0.1) is 23.2 Å². The Labute approximate surface area is 244 Å². The van der Waals surface area contributed by atoms with E-state index in [0.717, 1.165) is 18.2 Å². The van der Waals surface area contributed by atoms with E-state index in [1.807, 2.05) is 0 Å². The van der Waals surface area contributed by atoms with Crippen LogP contribution in [-0.4, -0.2) is 22.7 Å². The number of Topliss-reactive ketones (excluding diaryl/α,β-unsaturated/α-hetero) is 1. The van der Waals surface area contributed by atoms with Gasteiger partial charge in [-0.05, 0) is 60.4 Å². The number of nitrogens with one attached hydrogen (secondary N) is 1. The molecular weight excluding hydrogens is 622 g/mol. The quantitative estimate of drug-likeness (QED) is 0.145. The molecule has 1 aliphatic carbocycles. The van der Waals surface area contributed by atoms with Crippen molar-refractivity contribution in [3.63, 3.8) is 0 Å². The number of carbonyl (C=O) groups is 2. The molecule has 13 heteroatoms. The van der Waals surface area contributed by atoms with Crippen LogP contribution in [0, 0.1) is 23.4 Å². The summed E-state index contributed by atoms with van der Waals surface area (Å²) in [6.07, 6.45) is -5.79. The van der Waals surface area contributed by atoms with Gasteiger partial charge in [-0.1, -0.05) is 23.7 Å². The number of benzene rings is 3. The lowest BCUT2D eigenvalue weighted by Gasteiger charge is -2.11. The van der Waals surface area contributed by atoms with Crippen LogP contribution in [0.25, 0.3) is 0 Å². The number of carbonyl (C=O) groups excluding carboxylic acids is 2. The molecular formula is C28H19Cl3F7NO2. The van der Waals surface area contributed by atoms with E-state index in [1.165, 1.54) is 18.2 Å². The third-order valence-electron chi connectivity index (χ3n) is 6.70. The molecule has 0 unspecified atom stereocenters. The van der Waals surface area contributed by atoms with Crippen molar-refractivity contribution in [2.75, 3.05) is 12.0 Å². The molecule has 1 fully saturated rings. The van der Waals surface area contributed by atoms with E-state index in [0.29, 0.717) is 12.1 Å². The third kappa shape index (κ3) is 6.49. The molecule has 2 atom stereocenters. The van der Waals surface area contributed by atoms with E-state index >= 15 is 0 Å². The molecule has 3 aromatic rings. The highest BCUT2D eigenvalue weighted by atomic mass is 35.5. The van der Waals surface area contributed by atoms with Gasteiger partial charge in [0, 0.05) is 29.2 Å². The van der Waals surface area contributed by atoms with E-state index in [9.17, 15) is 40.3 Å². The highest BCUT2D eigenvalue weighted by Gasteiger charge is 2.67. The van der Waals surface area contributed by atoms with Crippen molar-refractivity contribution in [1.82, 2.24) is 0 Å². The summed E-state index contributed by atoms with van der Waals surface area (Å²) in [4.78, 5) is 26.0. The molecule has 0 radical (unpaired) electrons. The second-order valence-corrected chi connectivity index (χ2v) is 11.3. The maximum atomic E-state index is 14.8. The molecule has 41 heavy (non-hydrogen) atoms. The molecule has 218 valence electrons. The highest BCUT2D eigenvalue weighted by molar-refractivity contribution is 6.53. The predicted molar refractivity (Wildman–Crippen MR) is 141 cm³/mol. The molecule has 3 nitrogen and oxygen atoms in total. The van der Waals surface area contributed by atoms with Crippen molar-refractivity contribution in [1.29, 1.82) is 0 Å². The Balaban J connectivity index is 1.52. The fourth-order valence-electron chi connectivity index (χ4n) is 4.58. The zero-order valence-electron chi connectivity index (χ0n) is 20.7. The standard InChI is InChI=1S/C28H19Cl3F7NO2/c29-19-6-5-15(12-17(19)22(40)11-14-4-7-20(33)16(25(14)35)2-1-9-32)39-26(41)24-23(27(24,30)31)13-3-8-21(34)18(10-13)28(36,37)38/h3-8,10,12,23-24H,1-2,9,11H2,(H,39,41)/t23-,24+/m0/s1. The van der Waals surface area contributed by atoms with Gasteiger partial charge in [-0.3, -0.25) is 14.0 Å². The van der Waals surface area contributed by atoms with Crippen LogP contribution in [0.1, 0.15) is 45.0 Å². The van der Waals surface area contributed by atoms with Gasteiger partial charge in [0.05, 0.1) is 23.2 Å². The number of amides is 1. The van der Waals surface area contributed by atoms with Crippen LogP contribution >= 0.6 is 34.8 Å². The van der Waals surface area contributed by atoms with Crippen LogP contribution in [0.15, 0.2) is 48.5 Å². The normalized spacial score (nSPS) is 17.8. The molecule has 1 aliphatic rings. The number of rotatable bonds is 9. The van der Waals surface area contributed by atoms with E-state index in [-0.39, 0.29) is 45.8 Å². The van der Waals surface area contributed by atoms with Crippen LogP contribution in [0.2, 0.25) is 5.02 Å². The zero-order valence-corrected chi connectivity index (χ0v) is 23.0. The fraction of sp³-hybridized carbons (Fsp3) is 0.286. The summed E-state index contributed by atoms with van der Waals surface area (Å²) < 4.78 is 92.7. The molecule has 0 aliphatic heterocycles. The maximum Gasteiger partial charge on any atom is 0.419 e. The number of ketones is 1. The van der Waals surface area contributed by atoms with Gasteiger partial charge < -0.3 is 5.32 Å². The molecule has 0 spiro atoms. The molecule has 1 N–H and O–H groups in total. The molecule has 0 heterocycles. The molecule has 1 saturated carbocycles. The second-order valence-electron chi connectivity index (χ2n) is 9.44. The van der Waals surface area contributed by atoms with Gasteiger partial charge in [0.1, 0.15) is 21.8 Å². The van der Waals surface area contributed by atoms with Gasteiger partial charge in [-0.25, -0.2) is 13.2 Å². The first kappa shape index (κ1) is 31.1. The number of anilines is 1. The monoisotopic (exact) mass is 639 g/mol. The second kappa shape index (κ2) is 11.8. The van der Waals surface area contributed by atoms with Crippen LogP contribution in [0.5, 0.6) is 0 Å². The van der Waals surface area contributed by atoms with Gasteiger partial charge >= 0.3 is 6.18 Å². The molecule has 4 rings (SSSR count). The van der Waals surface area contributed by atoms with E-state index in [1.54, 1.807) is 0 Å². The van der Waals surface area contributed by atoms with Crippen LogP contribution in [0.3, 0.4) is 0 Å². The first-order valence-corrected chi connectivity index (χ1v) is 13.2. The highest BCUT2D eigenvalue weighted by Crippen LogP contribution is 2.65. The lowest BCUT2D eigenvalue weighted by atomic mass is 9.98. The van der Waals surface area contributed by atoms with Crippen molar-refractivity contribution in [2.45, 2.75) is 35.7 Å². The smallest absolute Gasteiger partial charge is 0.326 e. The molecule has 0 saturated heterocycles. The predicted octanol–water partition coefficient (Wildman–Crippen LogP) is 8.63. The summed E-state index contributed by atoms with van der Waals surface area (Å²) in [7, 11) is 0. The lowest BCUT2D eigenvalue weighted by Crippen LogP contribution is -2.17. The third-order valence-corrected chi connectivity index (χ3v) is 7.97. The van der Waals surface area contributed by atoms with Crippen LogP contribution < -0.4 is 5.32 Å². The van der Waals surface area contributed by atoms with Gasteiger partial charge in [0.15, 0.2) is 5.78 Å². The minimum absolute atomic E-state index is 0.0347. The number of halogens is 10. The fourth-order valence-corrected chi connectivity index (χ4v) is 5.63. The molecule has 0 aromatic heterocycles. The Bertz CT molecular complexity index is 1510. The Morgan fingerprint density at radius 2 is 1.63 bits per heavy atom. The van der Waals surface area contributed by atoms with Gasteiger partial charge in [0.25, 0.3) is 0 Å². The average Bonchev–Trinajstić information content (AvgIpc) is 3.48. The SMILES string of the molecule is O=C(Cc1ccc(F)c(CCCF)c1F)c1cc(NC(=O)[C@H]2[C@H](c3ccc(F)c(C(F)(F)F)c3)C2(Cl)Cl)ccc1Cl. The van der Waals surface area contributed by atoms with Gasteiger partial charge in [-0.2, -0.15) is 13.2 Å². The maximum absolute atomic E-state index is 14.8. The van der Waals surface area contributed by atoms with Crippen LogP contribution in [-0.2, 0) is 23.8 Å². The Hall–Kier alpha value is -2.82. The molecule has 0 bridgehead atoms. The van der Waals surface area contributed by atoms with Crippen molar-refractivity contribution in [2.24, 2.45) is 5.92 Å². The molecule has 1 amide bonds. The van der Waals surface area contributed by atoms with Crippen molar-refractivity contribution in [3.8, 4) is 0 Å². The summed E-state index contributed by atoms with van der Waals surface area (Å²) in [6, 6.07) is 8.11. The summed E-state index contributed by atoms with van der Waals surface area (Å²) >= 11 is 18.6. The van der Waals surface area contributed by atoms with Crippen molar-refractivity contribution < 1.29 is 40.3 Å². The zero-order chi connectivity index (χ0) is 30.3. The minimum atomic E-state index is -4.98. The number of alkyl halides is 6. The Morgan fingerprint density at radius 3 is 2.29 bits per heavy atom. The van der Waals surface area contributed by atoms with Gasteiger partial charge in [0.2, 0.25) is 5.91 Å². The minimum Gasteiger partial charge on any atom is -0.326 e. The average molecular weight is 641 g/mol. The van der Waals surface area contributed by atoms with E-state index in [2.05, 4.69) is 5.32 Å². The Morgan fingerprint density at radius 1 is 0.951 bits per heavy atom. The van der Waals surface area contributed by atoms with Crippen LogP contribution in [0.4, 0.5) is 36.4 Å². The first-order valence-electron chi connectivity index (χ1n) is 12.1. The first-order chi connectivity index (χ1) is 19.2. The number of hydrogen-bond acceptors (Lipinski definition) is 2.